The van der Waals surface area contributed by atoms with Crippen LogP contribution in [0.1, 0.15) is 47.5 Å². The Balaban J connectivity index is 3.98. The summed E-state index contributed by atoms with van der Waals surface area (Å²) in [5, 5.41) is 0. The van der Waals surface area contributed by atoms with Gasteiger partial charge in [-0.2, -0.15) is 0 Å². The summed E-state index contributed by atoms with van der Waals surface area (Å²) in [5.74, 6) is 0. The highest BCUT2D eigenvalue weighted by Crippen LogP contribution is 2.17. The molecule has 0 aliphatic carbocycles. The Kier molecular flexibility index (Phi) is 5.10. The van der Waals surface area contributed by atoms with E-state index in [0.717, 1.165) is 25.9 Å². The Morgan fingerprint density at radius 3 is 1.93 bits per heavy atom. The highest BCUT2D eigenvalue weighted by molar-refractivity contribution is 4.82. The van der Waals surface area contributed by atoms with Crippen LogP contribution in [0.4, 0.5) is 0 Å². The number of hydrogen-bond acceptors (Lipinski definition) is 2. The third kappa shape index (κ3) is 7.34. The van der Waals surface area contributed by atoms with E-state index in [1.165, 1.54) is 0 Å². The maximum absolute atomic E-state index is 6.21. The molecule has 2 N–H and O–H groups in total. The monoisotopic (exact) mass is 200 g/mol. The van der Waals surface area contributed by atoms with Gasteiger partial charge in [0.15, 0.2) is 0 Å². The summed E-state index contributed by atoms with van der Waals surface area (Å²) in [6, 6.07) is 0. The topological polar surface area (TPSA) is 29.3 Å². The Morgan fingerprint density at radius 2 is 1.57 bits per heavy atom. The molecule has 0 aromatic rings. The van der Waals surface area contributed by atoms with Gasteiger partial charge in [-0.25, -0.2) is 0 Å². The summed E-state index contributed by atoms with van der Waals surface area (Å²) >= 11 is 0. The number of nitrogens with two attached hydrogens (primary N) is 1. The Bertz CT molecular complexity index is 156. The molecule has 1 unspecified atom stereocenters. The molecule has 0 fully saturated rings. The Morgan fingerprint density at radius 1 is 1.07 bits per heavy atom. The molecule has 0 saturated carbocycles. The molecule has 0 saturated heterocycles. The average Bonchev–Trinajstić information content (AvgIpc) is 1.78. The maximum atomic E-state index is 6.21. The maximum Gasteiger partial charge on any atom is 0.0254 e. The van der Waals surface area contributed by atoms with E-state index in [1.807, 2.05) is 0 Å². The molecule has 14 heavy (non-hydrogen) atoms. The lowest BCUT2D eigenvalue weighted by molar-refractivity contribution is 0.185. The highest BCUT2D eigenvalue weighted by Gasteiger charge is 2.22. The summed E-state index contributed by atoms with van der Waals surface area (Å²) in [5.41, 5.74) is 6.53. The molecular weight excluding hydrogens is 172 g/mol. The SMILES string of the molecule is CCCC(C)(N)CN(C)CC(C)(C)C. The van der Waals surface area contributed by atoms with Crippen LogP contribution in [0.2, 0.25) is 0 Å². The van der Waals surface area contributed by atoms with Crippen molar-refractivity contribution in [2.75, 3.05) is 20.1 Å². The van der Waals surface area contributed by atoms with Crippen LogP contribution in [0.25, 0.3) is 0 Å². The molecule has 0 spiro atoms. The minimum absolute atomic E-state index is 0.0330. The van der Waals surface area contributed by atoms with Crippen LogP contribution < -0.4 is 5.73 Å². The first-order chi connectivity index (χ1) is 6.16. The van der Waals surface area contributed by atoms with E-state index in [4.69, 9.17) is 5.73 Å². The van der Waals surface area contributed by atoms with Crippen molar-refractivity contribution < 1.29 is 0 Å². The number of rotatable bonds is 5. The van der Waals surface area contributed by atoms with E-state index in [-0.39, 0.29) is 5.54 Å². The molecule has 2 heteroatoms. The van der Waals surface area contributed by atoms with E-state index in [0.29, 0.717) is 5.41 Å². The van der Waals surface area contributed by atoms with Crippen molar-refractivity contribution in [1.82, 2.24) is 4.90 Å². The van der Waals surface area contributed by atoms with E-state index >= 15 is 0 Å². The molecule has 0 amide bonds. The first kappa shape index (κ1) is 13.9. The van der Waals surface area contributed by atoms with Gasteiger partial charge in [0, 0.05) is 18.6 Å². The smallest absolute Gasteiger partial charge is 0.0254 e. The van der Waals surface area contributed by atoms with Crippen molar-refractivity contribution in [2.24, 2.45) is 11.1 Å². The van der Waals surface area contributed by atoms with Gasteiger partial charge in [0.1, 0.15) is 0 Å². The number of likely N-dealkylation sites (N-methyl/N-ethyl adjacent to an activating group) is 1. The largest absolute Gasteiger partial charge is 0.324 e. The summed E-state index contributed by atoms with van der Waals surface area (Å²) in [6.45, 7) is 13.2. The van der Waals surface area contributed by atoms with Crippen LogP contribution in [0.15, 0.2) is 0 Å². The first-order valence-corrected chi connectivity index (χ1v) is 5.64. The van der Waals surface area contributed by atoms with Gasteiger partial charge in [-0.1, -0.05) is 34.1 Å². The quantitative estimate of drug-likeness (QED) is 0.739. The van der Waals surface area contributed by atoms with Gasteiger partial charge < -0.3 is 10.6 Å². The lowest BCUT2D eigenvalue weighted by Gasteiger charge is -2.33. The third-order valence-electron chi connectivity index (χ3n) is 2.20. The van der Waals surface area contributed by atoms with E-state index in [9.17, 15) is 0 Å². The van der Waals surface area contributed by atoms with Crippen molar-refractivity contribution in [2.45, 2.75) is 53.0 Å². The van der Waals surface area contributed by atoms with Gasteiger partial charge in [0.05, 0.1) is 0 Å². The standard InChI is InChI=1S/C12H28N2/c1-7-8-12(5,13)10-14(6)9-11(2,3)4/h7-10,13H2,1-6H3. The van der Waals surface area contributed by atoms with Gasteiger partial charge in [-0.3, -0.25) is 0 Å². The molecule has 0 radical (unpaired) electrons. The van der Waals surface area contributed by atoms with Gasteiger partial charge in [-0.05, 0) is 25.8 Å². The molecule has 0 aromatic carbocycles. The third-order valence-corrected chi connectivity index (χ3v) is 2.20. The molecule has 0 aromatic heterocycles. The lowest BCUT2D eigenvalue weighted by Crippen LogP contribution is -2.48. The summed E-state index contributed by atoms with van der Waals surface area (Å²) in [7, 11) is 2.16. The van der Waals surface area contributed by atoms with Crippen molar-refractivity contribution in [3.05, 3.63) is 0 Å². The van der Waals surface area contributed by atoms with Gasteiger partial charge in [-0.15, -0.1) is 0 Å². The molecule has 0 heterocycles. The zero-order chi connectivity index (χ0) is 11.4. The zero-order valence-corrected chi connectivity index (χ0v) is 10.9. The van der Waals surface area contributed by atoms with Gasteiger partial charge in [0.2, 0.25) is 0 Å². The van der Waals surface area contributed by atoms with Crippen LogP contribution in [0, 0.1) is 5.41 Å². The predicted molar refractivity (Wildman–Crippen MR) is 64.5 cm³/mol. The van der Waals surface area contributed by atoms with Crippen molar-refractivity contribution in [3.63, 3.8) is 0 Å². The van der Waals surface area contributed by atoms with Crippen molar-refractivity contribution >= 4 is 0 Å². The molecule has 1 atom stereocenters. The second-order valence-electron chi connectivity index (χ2n) is 6.14. The molecule has 0 aliphatic heterocycles. The van der Waals surface area contributed by atoms with Crippen molar-refractivity contribution in [3.8, 4) is 0 Å². The minimum Gasteiger partial charge on any atom is -0.324 e. The first-order valence-electron chi connectivity index (χ1n) is 5.64. The zero-order valence-electron chi connectivity index (χ0n) is 10.9. The van der Waals surface area contributed by atoms with Gasteiger partial charge in [0.25, 0.3) is 0 Å². The van der Waals surface area contributed by atoms with Crippen LogP contribution in [0.3, 0.4) is 0 Å². The average molecular weight is 200 g/mol. The van der Waals surface area contributed by atoms with Crippen LogP contribution in [0.5, 0.6) is 0 Å². The summed E-state index contributed by atoms with van der Waals surface area (Å²) < 4.78 is 0. The van der Waals surface area contributed by atoms with E-state index < -0.39 is 0 Å². The molecule has 0 bridgehead atoms. The summed E-state index contributed by atoms with van der Waals surface area (Å²) in [4.78, 5) is 2.34. The fourth-order valence-electron chi connectivity index (χ4n) is 2.13. The van der Waals surface area contributed by atoms with Crippen LogP contribution in [-0.2, 0) is 0 Å². The minimum atomic E-state index is -0.0330. The van der Waals surface area contributed by atoms with Crippen molar-refractivity contribution in [1.29, 1.82) is 0 Å². The molecular formula is C12H28N2. The fourth-order valence-corrected chi connectivity index (χ4v) is 2.13. The molecule has 0 aliphatic rings. The highest BCUT2D eigenvalue weighted by atomic mass is 15.1. The van der Waals surface area contributed by atoms with E-state index in [1.54, 1.807) is 0 Å². The molecule has 0 rings (SSSR count). The second kappa shape index (κ2) is 5.13. The molecule has 86 valence electrons. The second-order valence-corrected chi connectivity index (χ2v) is 6.14. The Hall–Kier alpha value is -0.0800. The number of nitrogens with zero attached hydrogens (tertiary/aromatic N) is 1. The number of hydrogen-bond donors (Lipinski definition) is 1. The van der Waals surface area contributed by atoms with E-state index in [2.05, 4.69) is 46.6 Å². The fraction of sp³-hybridized carbons (Fsp3) is 1.00. The molecule has 2 nitrogen and oxygen atoms in total. The van der Waals surface area contributed by atoms with Crippen LogP contribution >= 0.6 is 0 Å². The predicted octanol–water partition coefficient (Wildman–Crippen LogP) is 2.48. The van der Waals surface area contributed by atoms with Gasteiger partial charge >= 0.3 is 0 Å². The summed E-state index contributed by atoms with van der Waals surface area (Å²) in [6.07, 6.45) is 2.26. The Labute approximate surface area is 89.9 Å². The van der Waals surface area contributed by atoms with Crippen LogP contribution in [-0.4, -0.2) is 30.6 Å². The lowest BCUT2D eigenvalue weighted by atomic mass is 9.93. The normalized spacial score (nSPS) is 17.1.